The van der Waals surface area contributed by atoms with E-state index in [1.165, 1.54) is 0 Å². The molecular formula is C4H4N2O4S. The Labute approximate surface area is 62.4 Å². The Morgan fingerprint density at radius 1 is 1.45 bits per heavy atom. The number of carbonyl (C=O) groups is 1. The van der Waals surface area contributed by atoms with Gasteiger partial charge in [-0.25, -0.2) is 0 Å². The second-order valence-electron chi connectivity index (χ2n) is 1.90. The molecule has 1 rings (SSSR count). The predicted octanol–water partition coefficient (Wildman–Crippen LogP) is -0.250. The predicted molar refractivity (Wildman–Crippen MR) is 34.4 cm³/mol. The SMILES string of the molecule is O=C1C=C(CS(=O)(=O)O)N=N1. The molecule has 0 saturated heterocycles. The summed E-state index contributed by atoms with van der Waals surface area (Å²) in [6.45, 7) is 0. The molecule has 11 heavy (non-hydrogen) atoms. The second-order valence-corrected chi connectivity index (χ2v) is 3.35. The van der Waals surface area contributed by atoms with Gasteiger partial charge in [-0.3, -0.25) is 9.35 Å². The van der Waals surface area contributed by atoms with E-state index in [1.54, 1.807) is 0 Å². The summed E-state index contributed by atoms with van der Waals surface area (Å²) in [6, 6.07) is 0. The van der Waals surface area contributed by atoms with Crippen LogP contribution >= 0.6 is 0 Å². The van der Waals surface area contributed by atoms with E-state index >= 15 is 0 Å². The van der Waals surface area contributed by atoms with Crippen molar-refractivity contribution in [3.8, 4) is 0 Å². The van der Waals surface area contributed by atoms with Gasteiger partial charge < -0.3 is 0 Å². The molecule has 0 aromatic heterocycles. The van der Waals surface area contributed by atoms with Crippen LogP contribution in [0.3, 0.4) is 0 Å². The summed E-state index contributed by atoms with van der Waals surface area (Å²) < 4.78 is 28.7. The third-order valence-electron chi connectivity index (χ3n) is 0.897. The first-order chi connectivity index (χ1) is 4.97. The lowest BCUT2D eigenvalue weighted by molar-refractivity contribution is -0.113. The third kappa shape index (κ3) is 2.56. The normalized spacial score (nSPS) is 17.2. The Bertz CT molecular complexity index is 339. The van der Waals surface area contributed by atoms with Crippen LogP contribution in [0.25, 0.3) is 0 Å². The molecule has 1 heterocycles. The molecule has 0 aromatic carbocycles. The standard InChI is InChI=1S/C4H4N2O4S/c7-4-1-3(5-6-4)2-11(8,9)10/h1H,2H2,(H,8,9,10). The molecule has 1 aliphatic rings. The zero-order valence-electron chi connectivity index (χ0n) is 5.26. The lowest BCUT2D eigenvalue weighted by Crippen LogP contribution is -2.04. The van der Waals surface area contributed by atoms with E-state index in [2.05, 4.69) is 10.2 Å². The molecule has 0 bridgehead atoms. The molecule has 0 atom stereocenters. The van der Waals surface area contributed by atoms with Gasteiger partial charge in [0.25, 0.3) is 16.0 Å². The maximum atomic E-state index is 10.3. The van der Waals surface area contributed by atoms with Gasteiger partial charge in [0.05, 0.1) is 5.70 Å². The Morgan fingerprint density at radius 3 is 2.45 bits per heavy atom. The molecular weight excluding hydrogens is 172 g/mol. The molecule has 0 fully saturated rings. The molecule has 0 spiro atoms. The van der Waals surface area contributed by atoms with Crippen LogP contribution in [0, 0.1) is 0 Å². The average Bonchev–Trinajstić information content (AvgIpc) is 2.10. The molecule has 60 valence electrons. The summed E-state index contributed by atoms with van der Waals surface area (Å²) in [7, 11) is -4.11. The van der Waals surface area contributed by atoms with Gasteiger partial charge in [0, 0.05) is 6.08 Å². The fourth-order valence-corrected chi connectivity index (χ4v) is 1.09. The molecule has 0 aromatic rings. The number of hydrogen-bond acceptors (Lipinski definition) is 4. The van der Waals surface area contributed by atoms with Crippen molar-refractivity contribution in [1.82, 2.24) is 0 Å². The van der Waals surface area contributed by atoms with Gasteiger partial charge >= 0.3 is 0 Å². The van der Waals surface area contributed by atoms with Crippen molar-refractivity contribution < 1.29 is 17.8 Å². The van der Waals surface area contributed by atoms with Crippen molar-refractivity contribution in [2.75, 3.05) is 5.75 Å². The van der Waals surface area contributed by atoms with E-state index in [1.807, 2.05) is 0 Å². The molecule has 0 aliphatic carbocycles. The number of hydrogen-bond donors (Lipinski definition) is 1. The maximum absolute atomic E-state index is 10.3. The van der Waals surface area contributed by atoms with Crippen LogP contribution in [0.1, 0.15) is 0 Å². The molecule has 1 amide bonds. The van der Waals surface area contributed by atoms with E-state index in [0.29, 0.717) is 0 Å². The summed E-state index contributed by atoms with van der Waals surface area (Å²) >= 11 is 0. The highest BCUT2D eigenvalue weighted by Gasteiger charge is 2.14. The van der Waals surface area contributed by atoms with Crippen LogP contribution in [-0.4, -0.2) is 24.6 Å². The van der Waals surface area contributed by atoms with Crippen molar-refractivity contribution in [2.45, 2.75) is 0 Å². The first-order valence-electron chi connectivity index (χ1n) is 2.59. The fourth-order valence-electron chi connectivity index (χ4n) is 0.571. The topological polar surface area (TPSA) is 96.2 Å². The van der Waals surface area contributed by atoms with Gasteiger partial charge in [-0.1, -0.05) is 0 Å². The Hall–Kier alpha value is -1.08. The lowest BCUT2D eigenvalue weighted by Gasteiger charge is -1.90. The molecule has 7 heteroatoms. The van der Waals surface area contributed by atoms with Crippen LogP contribution in [0.15, 0.2) is 22.0 Å². The van der Waals surface area contributed by atoms with Crippen LogP contribution in [0.5, 0.6) is 0 Å². The quantitative estimate of drug-likeness (QED) is 0.586. The maximum Gasteiger partial charge on any atom is 0.290 e. The minimum Gasteiger partial charge on any atom is -0.285 e. The minimum atomic E-state index is -4.11. The Kier molecular flexibility index (Phi) is 1.83. The number of carbonyl (C=O) groups excluding carboxylic acids is 1. The average molecular weight is 176 g/mol. The van der Waals surface area contributed by atoms with E-state index in [4.69, 9.17) is 4.55 Å². The first kappa shape index (κ1) is 8.02. The van der Waals surface area contributed by atoms with Gasteiger partial charge in [0.15, 0.2) is 0 Å². The van der Waals surface area contributed by atoms with Gasteiger partial charge in [-0.15, -0.1) is 5.11 Å². The van der Waals surface area contributed by atoms with E-state index in [-0.39, 0.29) is 5.70 Å². The van der Waals surface area contributed by atoms with Crippen molar-refractivity contribution in [3.05, 3.63) is 11.8 Å². The van der Waals surface area contributed by atoms with Crippen molar-refractivity contribution in [3.63, 3.8) is 0 Å². The van der Waals surface area contributed by atoms with Gasteiger partial charge in [-0.05, 0) is 0 Å². The second kappa shape index (κ2) is 2.51. The fraction of sp³-hybridized carbons (Fsp3) is 0.250. The number of amides is 1. The monoisotopic (exact) mass is 176 g/mol. The molecule has 6 nitrogen and oxygen atoms in total. The van der Waals surface area contributed by atoms with Crippen LogP contribution in [0.2, 0.25) is 0 Å². The number of rotatable bonds is 2. The van der Waals surface area contributed by atoms with Crippen LogP contribution in [-0.2, 0) is 14.9 Å². The van der Waals surface area contributed by atoms with Gasteiger partial charge in [0.1, 0.15) is 5.75 Å². The van der Waals surface area contributed by atoms with Gasteiger partial charge in [-0.2, -0.15) is 13.5 Å². The van der Waals surface area contributed by atoms with E-state index in [9.17, 15) is 13.2 Å². The van der Waals surface area contributed by atoms with E-state index < -0.39 is 21.8 Å². The first-order valence-corrected chi connectivity index (χ1v) is 4.20. The molecule has 0 saturated carbocycles. The molecule has 0 radical (unpaired) electrons. The Morgan fingerprint density at radius 2 is 2.09 bits per heavy atom. The van der Waals surface area contributed by atoms with Crippen molar-refractivity contribution in [2.24, 2.45) is 10.2 Å². The zero-order chi connectivity index (χ0) is 8.48. The Balaban J connectivity index is 2.75. The minimum absolute atomic E-state index is 0.0440. The van der Waals surface area contributed by atoms with Gasteiger partial charge in [0.2, 0.25) is 0 Å². The molecule has 1 N–H and O–H groups in total. The summed E-state index contributed by atoms with van der Waals surface area (Å²) in [4.78, 5) is 10.3. The number of nitrogens with zero attached hydrogens (tertiary/aromatic N) is 2. The highest BCUT2D eigenvalue weighted by atomic mass is 32.2. The summed E-state index contributed by atoms with van der Waals surface area (Å²) in [6.07, 6.45) is 0.952. The smallest absolute Gasteiger partial charge is 0.285 e. The van der Waals surface area contributed by atoms with E-state index in [0.717, 1.165) is 6.08 Å². The highest BCUT2D eigenvalue weighted by molar-refractivity contribution is 7.85. The summed E-state index contributed by atoms with van der Waals surface area (Å²) in [5.74, 6) is -1.27. The van der Waals surface area contributed by atoms with Crippen LogP contribution < -0.4 is 0 Å². The zero-order valence-corrected chi connectivity index (χ0v) is 6.08. The van der Waals surface area contributed by atoms with Crippen LogP contribution in [0.4, 0.5) is 0 Å². The largest absolute Gasteiger partial charge is 0.290 e. The highest BCUT2D eigenvalue weighted by Crippen LogP contribution is 2.08. The summed E-state index contributed by atoms with van der Waals surface area (Å²) in [5.41, 5.74) is -0.0440. The summed E-state index contributed by atoms with van der Waals surface area (Å²) in [5, 5.41) is 6.22. The van der Waals surface area contributed by atoms with Crippen molar-refractivity contribution in [1.29, 1.82) is 0 Å². The molecule has 0 unspecified atom stereocenters. The number of azo groups is 1. The molecule has 1 aliphatic heterocycles. The lowest BCUT2D eigenvalue weighted by atomic mass is 10.5. The third-order valence-corrected chi connectivity index (χ3v) is 1.56. The van der Waals surface area contributed by atoms with Crippen molar-refractivity contribution >= 4 is 16.0 Å².